The summed E-state index contributed by atoms with van der Waals surface area (Å²) in [4.78, 5) is 19.1. The van der Waals surface area contributed by atoms with Gasteiger partial charge in [-0.2, -0.15) is 0 Å². The molecule has 1 fully saturated rings. The molecule has 0 atom stereocenters. The molecule has 1 amide bonds. The first kappa shape index (κ1) is 16.5. The van der Waals surface area contributed by atoms with Crippen molar-refractivity contribution in [2.45, 2.75) is 6.54 Å². The average molecular weight is 347 g/mol. The number of anilines is 1. The summed E-state index contributed by atoms with van der Waals surface area (Å²) >= 11 is 0. The lowest BCUT2D eigenvalue weighted by Gasteiger charge is -2.28. The van der Waals surface area contributed by atoms with E-state index >= 15 is 0 Å². The standard InChI is InChI=1S/C21H21N3O2/c25-21(20-19-4-2-1-3-17(19)9-10-22-20)23-15-16-5-7-18(8-6-16)24-11-13-26-14-12-24/h1-10H,11-15H2,(H,23,25). The van der Waals surface area contributed by atoms with Crippen molar-refractivity contribution in [1.82, 2.24) is 10.3 Å². The van der Waals surface area contributed by atoms with Crippen LogP contribution in [0.4, 0.5) is 5.69 Å². The van der Waals surface area contributed by atoms with Gasteiger partial charge in [-0.3, -0.25) is 9.78 Å². The summed E-state index contributed by atoms with van der Waals surface area (Å²) in [5, 5.41) is 4.86. The van der Waals surface area contributed by atoms with Crippen LogP contribution in [0.1, 0.15) is 16.1 Å². The molecule has 0 aliphatic carbocycles. The predicted octanol–water partition coefficient (Wildman–Crippen LogP) is 3.00. The van der Waals surface area contributed by atoms with Gasteiger partial charge in [0.05, 0.1) is 13.2 Å². The van der Waals surface area contributed by atoms with Crippen molar-refractivity contribution in [2.24, 2.45) is 0 Å². The normalized spacial score (nSPS) is 14.4. The molecule has 2 heterocycles. The summed E-state index contributed by atoms with van der Waals surface area (Å²) in [7, 11) is 0. The number of aromatic nitrogens is 1. The van der Waals surface area contributed by atoms with E-state index in [9.17, 15) is 4.79 Å². The number of morpholine rings is 1. The molecule has 132 valence electrons. The van der Waals surface area contributed by atoms with Crippen LogP contribution in [-0.2, 0) is 11.3 Å². The topological polar surface area (TPSA) is 54.5 Å². The molecule has 1 aliphatic rings. The van der Waals surface area contributed by atoms with E-state index in [-0.39, 0.29) is 5.91 Å². The van der Waals surface area contributed by atoms with Gasteiger partial charge >= 0.3 is 0 Å². The van der Waals surface area contributed by atoms with Crippen LogP contribution in [0, 0.1) is 0 Å². The molecule has 5 nitrogen and oxygen atoms in total. The Hall–Kier alpha value is -2.92. The first-order chi connectivity index (χ1) is 12.8. The van der Waals surface area contributed by atoms with Crippen molar-refractivity contribution >= 4 is 22.4 Å². The Bertz CT molecular complexity index is 897. The average Bonchev–Trinajstić information content (AvgIpc) is 2.72. The van der Waals surface area contributed by atoms with Gasteiger partial charge < -0.3 is 15.0 Å². The zero-order valence-corrected chi connectivity index (χ0v) is 14.5. The zero-order valence-electron chi connectivity index (χ0n) is 14.5. The lowest BCUT2D eigenvalue weighted by atomic mass is 10.1. The molecule has 4 rings (SSSR count). The predicted molar refractivity (Wildman–Crippen MR) is 102 cm³/mol. The van der Waals surface area contributed by atoms with E-state index in [1.165, 1.54) is 5.69 Å². The molecule has 0 bridgehead atoms. The number of rotatable bonds is 4. The van der Waals surface area contributed by atoms with Gasteiger partial charge in [0.2, 0.25) is 0 Å². The molecule has 3 aromatic rings. The number of nitrogens with one attached hydrogen (secondary N) is 1. The maximum atomic E-state index is 12.6. The van der Waals surface area contributed by atoms with E-state index in [0.29, 0.717) is 12.2 Å². The highest BCUT2D eigenvalue weighted by Gasteiger charge is 2.12. The van der Waals surface area contributed by atoms with Gasteiger partial charge in [-0.05, 0) is 29.1 Å². The highest BCUT2D eigenvalue weighted by molar-refractivity contribution is 6.05. The fraction of sp³-hybridized carbons (Fsp3) is 0.238. The maximum Gasteiger partial charge on any atom is 0.270 e. The minimum absolute atomic E-state index is 0.154. The molecule has 0 radical (unpaired) electrons. The third-order valence-electron chi connectivity index (χ3n) is 4.65. The van der Waals surface area contributed by atoms with Gasteiger partial charge in [0, 0.05) is 36.9 Å². The van der Waals surface area contributed by atoms with Crippen LogP contribution in [0.15, 0.2) is 60.8 Å². The van der Waals surface area contributed by atoms with Crippen molar-refractivity contribution in [3.8, 4) is 0 Å². The summed E-state index contributed by atoms with van der Waals surface area (Å²) in [6.07, 6.45) is 1.67. The molecule has 1 saturated heterocycles. The molecule has 0 saturated carbocycles. The number of carbonyl (C=O) groups excluding carboxylic acids is 1. The Kier molecular flexibility index (Phi) is 4.80. The largest absolute Gasteiger partial charge is 0.378 e. The van der Waals surface area contributed by atoms with E-state index < -0.39 is 0 Å². The van der Waals surface area contributed by atoms with Gasteiger partial charge in [0.15, 0.2) is 0 Å². The number of hydrogen-bond donors (Lipinski definition) is 1. The second kappa shape index (κ2) is 7.54. The van der Waals surface area contributed by atoms with Crippen molar-refractivity contribution < 1.29 is 9.53 Å². The fourth-order valence-electron chi connectivity index (χ4n) is 3.21. The third-order valence-corrected chi connectivity index (χ3v) is 4.65. The number of pyridine rings is 1. The van der Waals surface area contributed by atoms with Crippen molar-refractivity contribution in [2.75, 3.05) is 31.2 Å². The molecule has 5 heteroatoms. The molecule has 1 aliphatic heterocycles. The molecule has 26 heavy (non-hydrogen) atoms. The van der Waals surface area contributed by atoms with Gasteiger partial charge in [-0.1, -0.05) is 36.4 Å². The Morgan fingerprint density at radius 3 is 2.62 bits per heavy atom. The van der Waals surface area contributed by atoms with Crippen molar-refractivity contribution in [1.29, 1.82) is 0 Å². The number of carbonyl (C=O) groups is 1. The second-order valence-corrected chi connectivity index (χ2v) is 6.33. The van der Waals surface area contributed by atoms with Crippen molar-refractivity contribution in [3.05, 3.63) is 72.1 Å². The van der Waals surface area contributed by atoms with Crippen LogP contribution in [0.3, 0.4) is 0 Å². The summed E-state index contributed by atoms with van der Waals surface area (Å²) < 4.78 is 5.39. The SMILES string of the molecule is O=C(NCc1ccc(N2CCOCC2)cc1)c1nccc2ccccc12. The number of nitrogens with zero attached hydrogens (tertiary/aromatic N) is 2. The van der Waals surface area contributed by atoms with E-state index in [4.69, 9.17) is 4.74 Å². The minimum atomic E-state index is -0.154. The number of hydrogen-bond acceptors (Lipinski definition) is 4. The van der Waals surface area contributed by atoms with Crippen LogP contribution in [0.2, 0.25) is 0 Å². The molecular weight excluding hydrogens is 326 g/mol. The summed E-state index contributed by atoms with van der Waals surface area (Å²) in [6.45, 7) is 3.87. The lowest BCUT2D eigenvalue weighted by molar-refractivity contribution is 0.0947. The first-order valence-electron chi connectivity index (χ1n) is 8.85. The molecule has 2 aromatic carbocycles. The first-order valence-corrected chi connectivity index (χ1v) is 8.85. The van der Waals surface area contributed by atoms with Crippen LogP contribution >= 0.6 is 0 Å². The molecule has 1 aromatic heterocycles. The molecule has 0 spiro atoms. The summed E-state index contributed by atoms with van der Waals surface area (Å²) in [5.74, 6) is -0.154. The summed E-state index contributed by atoms with van der Waals surface area (Å²) in [6, 6.07) is 18.0. The Morgan fingerprint density at radius 2 is 1.81 bits per heavy atom. The maximum absolute atomic E-state index is 12.6. The van der Waals surface area contributed by atoms with Crippen LogP contribution < -0.4 is 10.2 Å². The quantitative estimate of drug-likeness (QED) is 0.788. The lowest BCUT2D eigenvalue weighted by Crippen LogP contribution is -2.36. The zero-order chi connectivity index (χ0) is 17.8. The minimum Gasteiger partial charge on any atom is -0.378 e. The Balaban J connectivity index is 1.42. The Morgan fingerprint density at radius 1 is 1.04 bits per heavy atom. The second-order valence-electron chi connectivity index (χ2n) is 6.33. The highest BCUT2D eigenvalue weighted by Crippen LogP contribution is 2.18. The Labute approximate surface area is 152 Å². The fourth-order valence-corrected chi connectivity index (χ4v) is 3.21. The number of fused-ring (bicyclic) bond motifs is 1. The van der Waals surface area contributed by atoms with E-state index in [2.05, 4.69) is 39.5 Å². The monoisotopic (exact) mass is 347 g/mol. The van der Waals surface area contributed by atoms with Gasteiger partial charge in [-0.15, -0.1) is 0 Å². The number of benzene rings is 2. The van der Waals surface area contributed by atoms with Gasteiger partial charge in [-0.25, -0.2) is 0 Å². The van der Waals surface area contributed by atoms with Crippen molar-refractivity contribution in [3.63, 3.8) is 0 Å². The van der Waals surface area contributed by atoms with Gasteiger partial charge in [0.1, 0.15) is 5.69 Å². The molecule has 0 unspecified atom stereocenters. The highest BCUT2D eigenvalue weighted by atomic mass is 16.5. The molecular formula is C21H21N3O2. The van der Waals surface area contributed by atoms with Crippen LogP contribution in [0.5, 0.6) is 0 Å². The number of amides is 1. The molecule has 1 N–H and O–H groups in total. The third kappa shape index (κ3) is 3.53. The van der Waals surface area contributed by atoms with Crippen LogP contribution in [-0.4, -0.2) is 37.2 Å². The van der Waals surface area contributed by atoms with E-state index in [0.717, 1.165) is 42.6 Å². The smallest absolute Gasteiger partial charge is 0.270 e. The van der Waals surface area contributed by atoms with E-state index in [1.54, 1.807) is 6.20 Å². The van der Waals surface area contributed by atoms with E-state index in [1.807, 2.05) is 30.3 Å². The van der Waals surface area contributed by atoms with Crippen LogP contribution in [0.25, 0.3) is 10.8 Å². The van der Waals surface area contributed by atoms with Gasteiger partial charge in [0.25, 0.3) is 5.91 Å². The summed E-state index contributed by atoms with van der Waals surface area (Å²) in [5.41, 5.74) is 2.72. The number of ether oxygens (including phenoxy) is 1.